The van der Waals surface area contributed by atoms with Crippen LogP contribution >= 0.6 is 11.3 Å². The number of benzene rings is 1. The Hall–Kier alpha value is -3.06. The van der Waals surface area contributed by atoms with Gasteiger partial charge in [-0.15, -0.1) is 0 Å². The standard InChI is InChI=1S/C17H11N3O3S/c1-10(21)11-2-4-12(5-3-11)14-7-6-13(23-14)8-15-16(22)20-17(24-15)18-9-19-20/h2-9H,1H3/b15-8-. The molecule has 0 saturated carbocycles. The van der Waals surface area contributed by atoms with Gasteiger partial charge in [0.25, 0.3) is 5.56 Å². The van der Waals surface area contributed by atoms with Gasteiger partial charge in [0.1, 0.15) is 22.4 Å². The minimum absolute atomic E-state index is 0.0225. The molecule has 3 aromatic heterocycles. The number of ketones is 1. The second-order valence-corrected chi connectivity index (χ2v) is 6.21. The van der Waals surface area contributed by atoms with Crippen LogP contribution in [0.3, 0.4) is 0 Å². The molecule has 118 valence electrons. The van der Waals surface area contributed by atoms with Gasteiger partial charge in [-0.25, -0.2) is 4.98 Å². The van der Waals surface area contributed by atoms with Crippen LogP contribution in [0.15, 0.2) is 51.9 Å². The zero-order valence-corrected chi connectivity index (χ0v) is 13.4. The zero-order valence-electron chi connectivity index (χ0n) is 12.6. The molecule has 0 aliphatic heterocycles. The van der Waals surface area contributed by atoms with Crippen molar-refractivity contribution in [1.82, 2.24) is 14.6 Å². The van der Waals surface area contributed by atoms with Gasteiger partial charge in [0.2, 0.25) is 4.96 Å². The lowest BCUT2D eigenvalue weighted by Gasteiger charge is -1.98. The second kappa shape index (κ2) is 5.54. The Bertz CT molecular complexity index is 1150. The third-order valence-electron chi connectivity index (χ3n) is 3.60. The molecule has 0 spiro atoms. The highest BCUT2D eigenvalue weighted by atomic mass is 32.1. The van der Waals surface area contributed by atoms with E-state index < -0.39 is 0 Å². The van der Waals surface area contributed by atoms with Crippen LogP contribution in [0.1, 0.15) is 23.0 Å². The minimum atomic E-state index is -0.212. The van der Waals surface area contributed by atoms with Gasteiger partial charge in [0.05, 0.1) is 0 Å². The molecular weight excluding hydrogens is 326 g/mol. The fourth-order valence-corrected chi connectivity index (χ4v) is 3.22. The highest BCUT2D eigenvalue weighted by Crippen LogP contribution is 2.23. The molecule has 0 radical (unpaired) electrons. The smallest absolute Gasteiger partial charge is 0.291 e. The van der Waals surface area contributed by atoms with E-state index in [9.17, 15) is 9.59 Å². The number of Topliss-reactive ketones (excluding diaryl/α,β-unsaturated/α-hetero) is 1. The molecule has 0 amide bonds. The summed E-state index contributed by atoms with van der Waals surface area (Å²) in [7, 11) is 0. The molecular formula is C17H11N3O3S. The van der Waals surface area contributed by atoms with Gasteiger partial charge in [0.15, 0.2) is 5.78 Å². The monoisotopic (exact) mass is 337 g/mol. The predicted molar refractivity (Wildman–Crippen MR) is 90.1 cm³/mol. The van der Waals surface area contributed by atoms with Crippen molar-refractivity contribution >= 4 is 28.2 Å². The quantitative estimate of drug-likeness (QED) is 0.535. The van der Waals surface area contributed by atoms with Crippen LogP contribution < -0.4 is 10.1 Å². The first-order valence-electron chi connectivity index (χ1n) is 7.17. The van der Waals surface area contributed by atoms with Crippen LogP contribution in [-0.2, 0) is 0 Å². The predicted octanol–water partition coefficient (Wildman–Crippen LogP) is 2.16. The SMILES string of the molecule is CC(=O)c1ccc(-c2ccc(/C=c3\sc4ncnn4c3=O)o2)cc1. The largest absolute Gasteiger partial charge is 0.457 e. The Morgan fingerprint density at radius 3 is 2.71 bits per heavy atom. The summed E-state index contributed by atoms with van der Waals surface area (Å²) in [5.41, 5.74) is 1.31. The molecule has 4 rings (SSSR count). The lowest BCUT2D eigenvalue weighted by molar-refractivity contribution is 0.101. The first-order valence-corrected chi connectivity index (χ1v) is 7.99. The summed E-state index contributed by atoms with van der Waals surface area (Å²) in [6.45, 7) is 1.53. The number of thiazole rings is 1. The van der Waals surface area contributed by atoms with Gasteiger partial charge in [0, 0.05) is 17.2 Å². The van der Waals surface area contributed by atoms with Crippen LogP contribution in [0.2, 0.25) is 0 Å². The summed E-state index contributed by atoms with van der Waals surface area (Å²) in [6.07, 6.45) is 3.03. The molecule has 0 fully saturated rings. The molecule has 1 aromatic carbocycles. The van der Waals surface area contributed by atoms with Crippen molar-refractivity contribution in [3.8, 4) is 11.3 Å². The number of carbonyl (C=O) groups excluding carboxylic acids is 1. The molecule has 0 unspecified atom stereocenters. The fourth-order valence-electron chi connectivity index (χ4n) is 2.36. The molecule has 6 nitrogen and oxygen atoms in total. The number of nitrogens with zero attached hydrogens (tertiary/aromatic N) is 3. The third kappa shape index (κ3) is 2.44. The molecule has 0 atom stereocenters. The van der Waals surface area contributed by atoms with E-state index in [1.807, 2.05) is 18.2 Å². The van der Waals surface area contributed by atoms with Gasteiger partial charge in [-0.2, -0.15) is 9.61 Å². The maximum absolute atomic E-state index is 12.1. The van der Waals surface area contributed by atoms with Crippen LogP contribution in [0, 0.1) is 0 Å². The van der Waals surface area contributed by atoms with E-state index in [0.717, 1.165) is 5.56 Å². The second-order valence-electron chi connectivity index (χ2n) is 5.21. The minimum Gasteiger partial charge on any atom is -0.457 e. The number of hydrogen-bond acceptors (Lipinski definition) is 6. The number of aromatic nitrogens is 3. The van der Waals surface area contributed by atoms with E-state index >= 15 is 0 Å². The van der Waals surface area contributed by atoms with Crippen LogP contribution in [0.25, 0.3) is 22.4 Å². The zero-order chi connectivity index (χ0) is 16.7. The molecule has 4 aromatic rings. The highest BCUT2D eigenvalue weighted by Gasteiger charge is 2.08. The van der Waals surface area contributed by atoms with Crippen LogP contribution in [0.5, 0.6) is 0 Å². The van der Waals surface area contributed by atoms with Crippen molar-refractivity contribution in [3.05, 3.63) is 68.9 Å². The van der Waals surface area contributed by atoms with Crippen molar-refractivity contribution in [2.75, 3.05) is 0 Å². The molecule has 0 aliphatic rings. The normalized spacial score (nSPS) is 12.1. The molecule has 24 heavy (non-hydrogen) atoms. The van der Waals surface area contributed by atoms with E-state index in [2.05, 4.69) is 10.1 Å². The Labute approximate surface area is 139 Å². The first kappa shape index (κ1) is 14.5. The summed E-state index contributed by atoms with van der Waals surface area (Å²) in [5.74, 6) is 1.26. The number of hydrogen-bond donors (Lipinski definition) is 0. The molecule has 0 aliphatic carbocycles. The van der Waals surface area contributed by atoms with Crippen molar-refractivity contribution in [2.24, 2.45) is 0 Å². The number of furan rings is 1. The van der Waals surface area contributed by atoms with Gasteiger partial charge in [-0.1, -0.05) is 35.6 Å². The summed E-state index contributed by atoms with van der Waals surface area (Å²) in [5, 5.41) is 3.88. The van der Waals surface area contributed by atoms with Crippen molar-refractivity contribution in [2.45, 2.75) is 6.92 Å². The average Bonchev–Trinajstić information content (AvgIpc) is 3.28. The van der Waals surface area contributed by atoms with E-state index in [0.29, 0.717) is 26.6 Å². The lowest BCUT2D eigenvalue weighted by Crippen LogP contribution is -2.23. The van der Waals surface area contributed by atoms with Crippen molar-refractivity contribution in [1.29, 1.82) is 0 Å². The number of carbonyl (C=O) groups is 1. The number of rotatable bonds is 3. The molecule has 0 saturated heterocycles. The number of fused-ring (bicyclic) bond motifs is 1. The lowest BCUT2D eigenvalue weighted by atomic mass is 10.1. The van der Waals surface area contributed by atoms with E-state index in [-0.39, 0.29) is 11.3 Å². The third-order valence-corrected chi connectivity index (χ3v) is 4.57. The Balaban J connectivity index is 1.71. The Kier molecular flexibility index (Phi) is 3.35. The van der Waals surface area contributed by atoms with E-state index in [4.69, 9.17) is 4.42 Å². The van der Waals surface area contributed by atoms with Gasteiger partial charge in [-0.3, -0.25) is 9.59 Å². The summed E-state index contributed by atoms with van der Waals surface area (Å²) < 4.78 is 7.56. The van der Waals surface area contributed by atoms with Crippen LogP contribution in [0.4, 0.5) is 0 Å². The van der Waals surface area contributed by atoms with Crippen molar-refractivity contribution in [3.63, 3.8) is 0 Å². The summed E-state index contributed by atoms with van der Waals surface area (Å²) in [4.78, 5) is 28.0. The van der Waals surface area contributed by atoms with Gasteiger partial charge in [-0.05, 0) is 19.1 Å². The topological polar surface area (TPSA) is 77.5 Å². The fraction of sp³-hybridized carbons (Fsp3) is 0.0588. The highest BCUT2D eigenvalue weighted by molar-refractivity contribution is 7.15. The van der Waals surface area contributed by atoms with E-state index in [1.165, 1.54) is 29.1 Å². The Morgan fingerprint density at radius 2 is 2.00 bits per heavy atom. The van der Waals surface area contributed by atoms with Gasteiger partial charge < -0.3 is 4.42 Å². The Morgan fingerprint density at radius 1 is 1.21 bits per heavy atom. The van der Waals surface area contributed by atoms with Gasteiger partial charge >= 0.3 is 0 Å². The average molecular weight is 337 g/mol. The van der Waals surface area contributed by atoms with Crippen LogP contribution in [-0.4, -0.2) is 20.4 Å². The molecule has 3 heterocycles. The summed E-state index contributed by atoms with van der Waals surface area (Å²) in [6, 6.07) is 10.8. The molecule has 7 heteroatoms. The van der Waals surface area contributed by atoms with Crippen molar-refractivity contribution < 1.29 is 9.21 Å². The summed E-state index contributed by atoms with van der Waals surface area (Å²) >= 11 is 1.26. The molecule has 0 N–H and O–H groups in total. The maximum atomic E-state index is 12.1. The first-order chi connectivity index (χ1) is 11.6. The molecule has 0 bridgehead atoms. The maximum Gasteiger partial charge on any atom is 0.291 e. The van der Waals surface area contributed by atoms with E-state index in [1.54, 1.807) is 24.3 Å².